The van der Waals surface area contributed by atoms with Gasteiger partial charge in [-0.3, -0.25) is 4.79 Å². The molecule has 2 aromatic rings. The number of hydrogen-bond acceptors (Lipinski definition) is 1. The van der Waals surface area contributed by atoms with Crippen LogP contribution in [0.5, 0.6) is 0 Å². The molecule has 0 unspecified atom stereocenters. The second kappa shape index (κ2) is 5.59. The van der Waals surface area contributed by atoms with Crippen LogP contribution in [0.2, 0.25) is 0 Å². The van der Waals surface area contributed by atoms with E-state index in [4.69, 9.17) is 0 Å². The van der Waals surface area contributed by atoms with Gasteiger partial charge in [-0.2, -0.15) is 0 Å². The Morgan fingerprint density at radius 2 is 1.61 bits per heavy atom. The Morgan fingerprint density at radius 3 is 2.13 bits per heavy atom. The monoisotopic (exact) mass is 310 g/mol. The van der Waals surface area contributed by atoms with E-state index < -0.39 is 11.2 Å². The number of benzene rings is 2. The van der Waals surface area contributed by atoms with Gasteiger partial charge in [0.1, 0.15) is 5.82 Å². The predicted molar refractivity (Wildman–Crippen MR) is 91.5 cm³/mol. The molecule has 0 atom stereocenters. The first-order chi connectivity index (χ1) is 10.8. The van der Waals surface area contributed by atoms with Gasteiger partial charge in [0.15, 0.2) is 5.78 Å². The van der Waals surface area contributed by atoms with Crippen LogP contribution in [0, 0.1) is 38.9 Å². The minimum Gasteiger partial charge on any atom is -0.293 e. The van der Waals surface area contributed by atoms with Crippen LogP contribution >= 0.6 is 0 Å². The van der Waals surface area contributed by atoms with Crippen molar-refractivity contribution in [1.82, 2.24) is 0 Å². The van der Waals surface area contributed by atoms with Crippen LogP contribution in [0.3, 0.4) is 0 Å². The molecule has 0 heterocycles. The largest absolute Gasteiger partial charge is 0.293 e. The summed E-state index contributed by atoms with van der Waals surface area (Å²) >= 11 is 0. The maximum absolute atomic E-state index is 14.2. The van der Waals surface area contributed by atoms with Crippen molar-refractivity contribution in [3.63, 3.8) is 0 Å². The van der Waals surface area contributed by atoms with Crippen LogP contribution in [0.25, 0.3) is 0 Å². The van der Waals surface area contributed by atoms with Crippen molar-refractivity contribution in [1.29, 1.82) is 0 Å². The van der Waals surface area contributed by atoms with Crippen molar-refractivity contribution in [2.75, 3.05) is 0 Å². The van der Waals surface area contributed by atoms with E-state index in [0.29, 0.717) is 0 Å². The third-order valence-electron chi connectivity index (χ3n) is 5.06. The van der Waals surface area contributed by atoms with Crippen molar-refractivity contribution in [3.05, 3.63) is 69.5 Å². The zero-order chi connectivity index (χ0) is 16.8. The summed E-state index contributed by atoms with van der Waals surface area (Å²) < 4.78 is 14.2. The van der Waals surface area contributed by atoms with Crippen LogP contribution in [-0.4, -0.2) is 5.78 Å². The van der Waals surface area contributed by atoms with E-state index in [9.17, 15) is 9.18 Å². The number of carbonyl (C=O) groups excluding carboxylic acids is 1. The Bertz CT molecular complexity index is 761. The van der Waals surface area contributed by atoms with Gasteiger partial charge in [0, 0.05) is 5.41 Å². The Kier molecular flexibility index (Phi) is 3.87. The second-order valence-corrected chi connectivity index (χ2v) is 7.15. The molecular weight excluding hydrogens is 287 g/mol. The molecule has 0 aliphatic heterocycles. The fraction of sp³-hybridized carbons (Fsp3) is 0.381. The summed E-state index contributed by atoms with van der Waals surface area (Å²) in [4.78, 5) is 12.9. The third-order valence-corrected chi connectivity index (χ3v) is 5.06. The molecule has 3 rings (SSSR count). The molecule has 0 aromatic heterocycles. The summed E-state index contributed by atoms with van der Waals surface area (Å²) in [5.74, 6) is -0.423. The SMILES string of the molecule is Cc1cc(C)c(CC2(C(=O)c3ccc(C)cc3F)CC2)c(C)c1. The van der Waals surface area contributed by atoms with Gasteiger partial charge in [0.05, 0.1) is 5.56 Å². The summed E-state index contributed by atoms with van der Waals surface area (Å²) in [6.45, 7) is 8.12. The predicted octanol–water partition coefficient (Wildman–Crippen LogP) is 5.26. The van der Waals surface area contributed by atoms with Crippen LogP contribution in [0.15, 0.2) is 30.3 Å². The minimum absolute atomic E-state index is 0.0330. The molecule has 0 amide bonds. The minimum atomic E-state index is -0.402. The highest BCUT2D eigenvalue weighted by Gasteiger charge is 2.50. The van der Waals surface area contributed by atoms with Gasteiger partial charge in [-0.05, 0) is 81.3 Å². The van der Waals surface area contributed by atoms with E-state index in [2.05, 4.69) is 32.9 Å². The maximum atomic E-state index is 14.2. The molecule has 1 nitrogen and oxygen atoms in total. The van der Waals surface area contributed by atoms with Gasteiger partial charge < -0.3 is 0 Å². The molecule has 0 radical (unpaired) electrons. The number of carbonyl (C=O) groups is 1. The molecule has 1 saturated carbocycles. The van der Waals surface area contributed by atoms with Crippen molar-refractivity contribution in [2.24, 2.45) is 5.41 Å². The summed E-state index contributed by atoms with van der Waals surface area (Å²) in [6.07, 6.45) is 2.43. The highest BCUT2D eigenvalue weighted by molar-refractivity contribution is 6.02. The number of hydrogen-bond donors (Lipinski definition) is 0. The molecule has 0 saturated heterocycles. The highest BCUT2D eigenvalue weighted by Crippen LogP contribution is 2.51. The summed E-state index contributed by atoms with van der Waals surface area (Å²) in [5, 5.41) is 0. The normalized spacial score (nSPS) is 15.5. The standard InChI is InChI=1S/C21H23FO/c1-13-5-6-17(19(22)11-13)20(23)21(7-8-21)12-18-15(3)9-14(2)10-16(18)4/h5-6,9-11H,7-8,12H2,1-4H3. The number of halogens is 1. The lowest BCUT2D eigenvalue weighted by Crippen LogP contribution is -2.21. The van der Waals surface area contributed by atoms with Crippen LogP contribution < -0.4 is 0 Å². The molecule has 2 heteroatoms. The van der Waals surface area contributed by atoms with Crippen molar-refractivity contribution in [3.8, 4) is 0 Å². The summed E-state index contributed by atoms with van der Waals surface area (Å²) in [5.41, 5.74) is 5.63. The van der Waals surface area contributed by atoms with Gasteiger partial charge in [0.25, 0.3) is 0 Å². The first-order valence-electron chi connectivity index (χ1n) is 8.20. The van der Waals surface area contributed by atoms with E-state index in [1.165, 1.54) is 28.3 Å². The molecule has 0 spiro atoms. The van der Waals surface area contributed by atoms with Crippen molar-refractivity contribution in [2.45, 2.75) is 47.0 Å². The van der Waals surface area contributed by atoms with Crippen molar-refractivity contribution < 1.29 is 9.18 Å². The summed E-state index contributed by atoms with van der Waals surface area (Å²) in [6, 6.07) is 9.23. The average molecular weight is 310 g/mol. The first-order valence-corrected chi connectivity index (χ1v) is 8.20. The smallest absolute Gasteiger partial charge is 0.172 e. The molecule has 1 aliphatic carbocycles. The van der Waals surface area contributed by atoms with Gasteiger partial charge in [-0.1, -0.05) is 23.8 Å². The van der Waals surface area contributed by atoms with Gasteiger partial charge >= 0.3 is 0 Å². The average Bonchev–Trinajstić information content (AvgIpc) is 3.23. The molecule has 23 heavy (non-hydrogen) atoms. The number of aryl methyl sites for hydroxylation is 4. The van der Waals surface area contributed by atoms with E-state index in [-0.39, 0.29) is 11.3 Å². The Balaban J connectivity index is 1.93. The van der Waals surface area contributed by atoms with Crippen LogP contribution in [0.4, 0.5) is 4.39 Å². The molecule has 0 N–H and O–H groups in total. The Hall–Kier alpha value is -1.96. The van der Waals surface area contributed by atoms with E-state index in [0.717, 1.165) is 24.8 Å². The first kappa shape index (κ1) is 15.9. The fourth-order valence-electron chi connectivity index (χ4n) is 3.55. The maximum Gasteiger partial charge on any atom is 0.172 e. The quantitative estimate of drug-likeness (QED) is 0.704. The topological polar surface area (TPSA) is 17.1 Å². The lowest BCUT2D eigenvalue weighted by atomic mass is 9.84. The second-order valence-electron chi connectivity index (χ2n) is 7.15. The molecule has 0 bridgehead atoms. The van der Waals surface area contributed by atoms with Crippen LogP contribution in [0.1, 0.15) is 51.0 Å². The molecule has 1 fully saturated rings. The molecule has 120 valence electrons. The van der Waals surface area contributed by atoms with Gasteiger partial charge in [0.2, 0.25) is 0 Å². The Morgan fingerprint density at radius 1 is 1.00 bits per heavy atom. The zero-order valence-electron chi connectivity index (χ0n) is 14.3. The molecular formula is C21H23FO. The summed E-state index contributed by atoms with van der Waals surface area (Å²) in [7, 11) is 0. The van der Waals surface area contributed by atoms with Crippen LogP contribution in [-0.2, 0) is 6.42 Å². The third kappa shape index (κ3) is 2.95. The number of Topliss-reactive ketones (excluding diaryl/α,β-unsaturated/α-hetero) is 1. The lowest BCUT2D eigenvalue weighted by Gasteiger charge is -2.19. The highest BCUT2D eigenvalue weighted by atomic mass is 19.1. The van der Waals surface area contributed by atoms with E-state index in [1.54, 1.807) is 6.07 Å². The molecule has 2 aromatic carbocycles. The zero-order valence-corrected chi connectivity index (χ0v) is 14.3. The van der Waals surface area contributed by atoms with E-state index >= 15 is 0 Å². The van der Waals surface area contributed by atoms with E-state index in [1.807, 2.05) is 13.0 Å². The van der Waals surface area contributed by atoms with Gasteiger partial charge in [-0.25, -0.2) is 4.39 Å². The van der Waals surface area contributed by atoms with Crippen molar-refractivity contribution >= 4 is 5.78 Å². The number of rotatable bonds is 4. The fourth-order valence-corrected chi connectivity index (χ4v) is 3.55. The molecule has 1 aliphatic rings. The Labute approximate surface area is 137 Å². The van der Waals surface area contributed by atoms with Gasteiger partial charge in [-0.15, -0.1) is 0 Å². The lowest BCUT2D eigenvalue weighted by molar-refractivity contribution is 0.0895. The number of ketones is 1.